The number of nitro groups is 1. The van der Waals surface area contributed by atoms with Crippen molar-refractivity contribution < 1.29 is 9.66 Å². The number of ether oxygens (including phenoxy) is 1. The molecule has 20 heavy (non-hydrogen) atoms. The zero-order valence-corrected chi connectivity index (χ0v) is 12.1. The Kier molecular flexibility index (Phi) is 6.65. The summed E-state index contributed by atoms with van der Waals surface area (Å²) in [5.41, 5.74) is -0.0825. The highest BCUT2D eigenvalue weighted by atomic mass is 16.6. The van der Waals surface area contributed by atoms with Crippen LogP contribution in [0.4, 0.5) is 17.3 Å². The van der Waals surface area contributed by atoms with Crippen LogP contribution >= 0.6 is 0 Å². The van der Waals surface area contributed by atoms with Crippen molar-refractivity contribution in [2.75, 3.05) is 44.1 Å². The lowest BCUT2D eigenvalue weighted by Gasteiger charge is -2.18. The van der Waals surface area contributed by atoms with Crippen molar-refractivity contribution in [2.45, 2.75) is 19.8 Å². The van der Waals surface area contributed by atoms with Crippen molar-refractivity contribution >= 4 is 17.3 Å². The van der Waals surface area contributed by atoms with Crippen molar-refractivity contribution in [1.29, 1.82) is 0 Å². The van der Waals surface area contributed by atoms with Gasteiger partial charge in [-0.15, -0.1) is 0 Å². The minimum absolute atomic E-state index is 0.0825. The first-order valence-corrected chi connectivity index (χ1v) is 6.55. The molecule has 0 amide bonds. The molecule has 0 saturated heterocycles. The van der Waals surface area contributed by atoms with E-state index >= 15 is 0 Å². The van der Waals surface area contributed by atoms with Crippen molar-refractivity contribution in [2.24, 2.45) is 0 Å². The monoisotopic (exact) mass is 283 g/mol. The second-order valence-corrected chi connectivity index (χ2v) is 4.35. The zero-order chi connectivity index (χ0) is 15.0. The molecule has 112 valence electrons. The number of anilines is 2. The van der Waals surface area contributed by atoms with Gasteiger partial charge in [0.15, 0.2) is 0 Å². The second-order valence-electron chi connectivity index (χ2n) is 4.35. The number of methoxy groups -OCH3 is 1. The van der Waals surface area contributed by atoms with E-state index in [1.807, 2.05) is 6.92 Å². The molecule has 0 atom stereocenters. The maximum Gasteiger partial charge on any atom is 0.353 e. The topological polar surface area (TPSA) is 93.4 Å². The number of hydrogen-bond donors (Lipinski definition) is 1. The Labute approximate surface area is 118 Å². The van der Waals surface area contributed by atoms with Crippen LogP contribution in [0.3, 0.4) is 0 Å². The molecule has 1 aromatic heterocycles. The van der Waals surface area contributed by atoms with E-state index in [4.69, 9.17) is 4.74 Å². The summed E-state index contributed by atoms with van der Waals surface area (Å²) >= 11 is 0. The van der Waals surface area contributed by atoms with Crippen molar-refractivity contribution in [3.05, 3.63) is 16.4 Å². The zero-order valence-electron chi connectivity index (χ0n) is 12.1. The van der Waals surface area contributed by atoms with Gasteiger partial charge < -0.3 is 15.0 Å². The predicted octanol–water partition coefficient (Wildman–Crippen LogP) is 1.68. The first-order valence-electron chi connectivity index (χ1n) is 6.55. The SMILES string of the molecule is CCCNc1ncnc(N(C)CCCOC)c1[N+](=O)[O-]. The highest BCUT2D eigenvalue weighted by Crippen LogP contribution is 2.30. The molecule has 0 bridgehead atoms. The highest BCUT2D eigenvalue weighted by Gasteiger charge is 2.24. The number of rotatable bonds is 9. The Morgan fingerprint density at radius 3 is 2.85 bits per heavy atom. The summed E-state index contributed by atoms with van der Waals surface area (Å²) < 4.78 is 4.98. The lowest BCUT2D eigenvalue weighted by molar-refractivity contribution is -0.383. The molecular formula is C12H21N5O3. The predicted molar refractivity (Wildman–Crippen MR) is 77.2 cm³/mol. The summed E-state index contributed by atoms with van der Waals surface area (Å²) in [6, 6.07) is 0. The summed E-state index contributed by atoms with van der Waals surface area (Å²) in [7, 11) is 3.40. The van der Waals surface area contributed by atoms with Crippen LogP contribution in [0.5, 0.6) is 0 Å². The molecule has 0 aliphatic rings. The first-order chi connectivity index (χ1) is 9.61. The highest BCUT2D eigenvalue weighted by molar-refractivity contribution is 5.69. The van der Waals surface area contributed by atoms with Crippen LogP contribution in [0.1, 0.15) is 19.8 Å². The molecule has 0 aliphatic carbocycles. The van der Waals surface area contributed by atoms with Crippen LogP contribution < -0.4 is 10.2 Å². The number of nitrogens with one attached hydrogen (secondary N) is 1. The summed E-state index contributed by atoms with van der Waals surface area (Å²) in [6.45, 7) is 3.84. The van der Waals surface area contributed by atoms with Gasteiger partial charge in [0.25, 0.3) is 0 Å². The van der Waals surface area contributed by atoms with E-state index in [0.29, 0.717) is 25.5 Å². The smallest absolute Gasteiger partial charge is 0.353 e. The Balaban J connectivity index is 2.96. The Bertz CT molecular complexity index is 441. The third kappa shape index (κ3) is 4.30. The Morgan fingerprint density at radius 1 is 1.50 bits per heavy atom. The van der Waals surface area contributed by atoms with Gasteiger partial charge in [0.1, 0.15) is 6.33 Å². The average Bonchev–Trinajstić information content (AvgIpc) is 2.44. The quantitative estimate of drug-likeness (QED) is 0.418. The Morgan fingerprint density at radius 2 is 2.25 bits per heavy atom. The lowest BCUT2D eigenvalue weighted by atomic mass is 10.3. The minimum Gasteiger partial charge on any atom is -0.385 e. The number of aromatic nitrogens is 2. The van der Waals surface area contributed by atoms with Gasteiger partial charge in [0, 0.05) is 33.9 Å². The fraction of sp³-hybridized carbons (Fsp3) is 0.667. The molecule has 0 saturated carbocycles. The molecule has 0 aromatic carbocycles. The molecule has 8 nitrogen and oxygen atoms in total. The van der Waals surface area contributed by atoms with E-state index in [-0.39, 0.29) is 11.5 Å². The third-order valence-corrected chi connectivity index (χ3v) is 2.73. The lowest BCUT2D eigenvalue weighted by Crippen LogP contribution is -2.23. The second kappa shape index (κ2) is 8.26. The standard InChI is InChI=1S/C12H21N5O3/c1-4-6-13-11-10(17(18)19)12(15-9-14-11)16(2)7-5-8-20-3/h9H,4-8H2,1-3H3,(H,13,14,15). The molecule has 0 fully saturated rings. The summed E-state index contributed by atoms with van der Waals surface area (Å²) in [6.07, 6.45) is 2.97. The van der Waals surface area contributed by atoms with E-state index in [1.165, 1.54) is 6.33 Å². The van der Waals surface area contributed by atoms with Crippen LogP contribution in [0, 0.1) is 10.1 Å². The minimum atomic E-state index is -0.444. The van der Waals surface area contributed by atoms with Gasteiger partial charge in [0.05, 0.1) is 4.92 Å². The summed E-state index contributed by atoms with van der Waals surface area (Å²) in [5, 5.41) is 14.2. The van der Waals surface area contributed by atoms with Gasteiger partial charge in [-0.05, 0) is 12.8 Å². The Hall–Kier alpha value is -1.96. The fourth-order valence-corrected chi connectivity index (χ4v) is 1.74. The van der Waals surface area contributed by atoms with E-state index in [2.05, 4.69) is 15.3 Å². The summed E-state index contributed by atoms with van der Waals surface area (Å²) in [4.78, 5) is 20.6. The molecular weight excluding hydrogens is 262 g/mol. The van der Waals surface area contributed by atoms with Crippen LogP contribution in [0.25, 0.3) is 0 Å². The first kappa shape index (κ1) is 16.1. The van der Waals surface area contributed by atoms with Gasteiger partial charge >= 0.3 is 5.69 Å². The van der Waals surface area contributed by atoms with Crippen molar-refractivity contribution in [3.63, 3.8) is 0 Å². The van der Waals surface area contributed by atoms with Crippen molar-refractivity contribution in [1.82, 2.24) is 9.97 Å². The van der Waals surface area contributed by atoms with Crippen molar-refractivity contribution in [3.8, 4) is 0 Å². The fourth-order valence-electron chi connectivity index (χ4n) is 1.74. The van der Waals surface area contributed by atoms with E-state index in [1.54, 1.807) is 19.1 Å². The maximum atomic E-state index is 11.3. The van der Waals surface area contributed by atoms with E-state index in [9.17, 15) is 10.1 Å². The van der Waals surface area contributed by atoms with Gasteiger partial charge in [-0.1, -0.05) is 6.92 Å². The van der Waals surface area contributed by atoms with Crippen LogP contribution in [-0.2, 0) is 4.74 Å². The molecule has 0 radical (unpaired) electrons. The maximum absolute atomic E-state index is 11.3. The average molecular weight is 283 g/mol. The van der Waals surface area contributed by atoms with E-state index in [0.717, 1.165) is 12.8 Å². The molecule has 1 N–H and O–H groups in total. The molecule has 0 aliphatic heterocycles. The molecule has 1 rings (SSSR count). The molecule has 0 unspecified atom stereocenters. The molecule has 8 heteroatoms. The molecule has 1 aromatic rings. The van der Waals surface area contributed by atoms with Gasteiger partial charge in [-0.2, -0.15) is 0 Å². The largest absolute Gasteiger partial charge is 0.385 e. The van der Waals surface area contributed by atoms with Crippen LogP contribution in [0.2, 0.25) is 0 Å². The number of nitrogens with zero attached hydrogens (tertiary/aromatic N) is 4. The summed E-state index contributed by atoms with van der Waals surface area (Å²) in [5.74, 6) is 0.583. The van der Waals surface area contributed by atoms with Crippen LogP contribution in [-0.4, -0.2) is 48.7 Å². The van der Waals surface area contributed by atoms with Gasteiger partial charge in [0.2, 0.25) is 11.6 Å². The normalized spacial score (nSPS) is 10.3. The third-order valence-electron chi connectivity index (χ3n) is 2.73. The van der Waals surface area contributed by atoms with Gasteiger partial charge in [-0.25, -0.2) is 9.97 Å². The molecule has 1 heterocycles. The molecule has 0 spiro atoms. The van der Waals surface area contributed by atoms with Crippen LogP contribution in [0.15, 0.2) is 6.33 Å². The van der Waals surface area contributed by atoms with Gasteiger partial charge in [-0.3, -0.25) is 10.1 Å². The van der Waals surface area contributed by atoms with E-state index < -0.39 is 4.92 Å². The number of hydrogen-bond acceptors (Lipinski definition) is 7.